The van der Waals surface area contributed by atoms with E-state index in [1.165, 1.54) is 18.2 Å². The second kappa shape index (κ2) is 10.8. The summed E-state index contributed by atoms with van der Waals surface area (Å²) < 4.78 is 19.4. The number of hydrogen-bond acceptors (Lipinski definition) is 5. The highest BCUT2D eigenvalue weighted by Gasteiger charge is 2.41. The van der Waals surface area contributed by atoms with Gasteiger partial charge in [-0.15, -0.1) is 0 Å². The average molecular weight is 562 g/mol. The van der Waals surface area contributed by atoms with Gasteiger partial charge in [0.1, 0.15) is 24.0 Å². The van der Waals surface area contributed by atoms with E-state index in [1.54, 1.807) is 12.1 Å². The number of aryl methyl sites for hydroxylation is 1. The fourth-order valence-electron chi connectivity index (χ4n) is 5.44. The lowest BCUT2D eigenvalue weighted by atomic mass is 9.73. The van der Waals surface area contributed by atoms with Crippen LogP contribution in [0.2, 0.25) is 10.0 Å². The van der Waals surface area contributed by atoms with Crippen LogP contribution in [-0.2, 0) is 11.4 Å². The van der Waals surface area contributed by atoms with Crippen molar-refractivity contribution in [2.24, 2.45) is 5.73 Å². The van der Waals surface area contributed by atoms with Gasteiger partial charge in [-0.3, -0.25) is 9.69 Å². The number of nitrogens with zero attached hydrogens (tertiary/aromatic N) is 2. The molecule has 0 spiro atoms. The number of rotatable bonds is 5. The molecule has 0 fully saturated rings. The Hall–Kier alpha value is -3.79. The minimum atomic E-state index is -0.602. The van der Waals surface area contributed by atoms with Crippen molar-refractivity contribution >= 4 is 34.7 Å². The van der Waals surface area contributed by atoms with Crippen molar-refractivity contribution in [1.82, 2.24) is 0 Å². The van der Waals surface area contributed by atoms with Crippen molar-refractivity contribution in [3.05, 3.63) is 115 Å². The molecule has 1 aliphatic carbocycles. The van der Waals surface area contributed by atoms with E-state index in [0.717, 1.165) is 33.6 Å². The SMILES string of the molecule is Cc1cc(COc2ccc(F)cc2Cl)c(C)c(C2C(C#N)=C(N)N(c3ccc(Cl)cc3)C3=C2C(=O)CCC3)c1. The molecular formula is C31H26Cl2FN3O2. The molecule has 0 bridgehead atoms. The van der Waals surface area contributed by atoms with Gasteiger partial charge < -0.3 is 10.5 Å². The number of ketones is 1. The van der Waals surface area contributed by atoms with Crippen molar-refractivity contribution in [3.8, 4) is 11.8 Å². The molecule has 0 aromatic heterocycles. The molecule has 0 amide bonds. The highest BCUT2D eigenvalue weighted by molar-refractivity contribution is 6.32. The molecule has 1 unspecified atom stereocenters. The molecule has 198 valence electrons. The smallest absolute Gasteiger partial charge is 0.161 e. The maximum Gasteiger partial charge on any atom is 0.161 e. The van der Waals surface area contributed by atoms with E-state index in [-0.39, 0.29) is 17.4 Å². The van der Waals surface area contributed by atoms with Gasteiger partial charge in [0.25, 0.3) is 0 Å². The number of nitriles is 1. The second-order valence-electron chi connectivity index (χ2n) is 9.79. The maximum absolute atomic E-state index is 13.5. The molecule has 3 aromatic rings. The Morgan fingerprint density at radius 2 is 1.85 bits per heavy atom. The summed E-state index contributed by atoms with van der Waals surface area (Å²) in [4.78, 5) is 15.3. The van der Waals surface area contributed by atoms with Gasteiger partial charge in [-0.25, -0.2) is 4.39 Å². The third-order valence-electron chi connectivity index (χ3n) is 7.29. The first kappa shape index (κ1) is 26.8. The number of halogens is 3. The van der Waals surface area contributed by atoms with Crippen LogP contribution in [0.5, 0.6) is 5.75 Å². The van der Waals surface area contributed by atoms with E-state index in [0.29, 0.717) is 47.0 Å². The molecular weight excluding hydrogens is 536 g/mol. The molecule has 5 nitrogen and oxygen atoms in total. The Morgan fingerprint density at radius 1 is 1.10 bits per heavy atom. The molecule has 1 heterocycles. The number of allylic oxidation sites excluding steroid dienone is 3. The zero-order chi connectivity index (χ0) is 27.8. The van der Waals surface area contributed by atoms with Crippen LogP contribution in [0.3, 0.4) is 0 Å². The highest BCUT2D eigenvalue weighted by atomic mass is 35.5. The molecule has 8 heteroatoms. The molecule has 1 aliphatic heterocycles. The Balaban J connectivity index is 1.62. The van der Waals surface area contributed by atoms with E-state index in [9.17, 15) is 14.4 Å². The van der Waals surface area contributed by atoms with Crippen molar-refractivity contribution in [2.45, 2.75) is 45.6 Å². The van der Waals surface area contributed by atoms with Crippen molar-refractivity contribution in [2.75, 3.05) is 4.90 Å². The molecule has 0 saturated heterocycles. The van der Waals surface area contributed by atoms with E-state index < -0.39 is 11.7 Å². The topological polar surface area (TPSA) is 79.3 Å². The minimum Gasteiger partial charge on any atom is -0.487 e. The minimum absolute atomic E-state index is 0.0114. The first-order chi connectivity index (χ1) is 18.7. The van der Waals surface area contributed by atoms with Crippen molar-refractivity contribution in [1.29, 1.82) is 5.26 Å². The first-order valence-electron chi connectivity index (χ1n) is 12.6. The molecule has 0 radical (unpaired) electrons. The number of hydrogen-bond donors (Lipinski definition) is 1. The highest BCUT2D eigenvalue weighted by Crippen LogP contribution is 2.47. The molecule has 5 rings (SSSR count). The molecule has 1 atom stereocenters. The normalized spacial score (nSPS) is 17.3. The molecule has 0 saturated carbocycles. The van der Waals surface area contributed by atoms with E-state index in [1.807, 2.05) is 43.0 Å². The van der Waals surface area contributed by atoms with Crippen molar-refractivity contribution in [3.63, 3.8) is 0 Å². The standard InChI is InChI=1S/C31H26Cl2FN3O2/c1-17-12-19(16-39-28-11-8-21(34)14-25(28)33)18(2)23(13-17)29-24(15-35)31(36)37(22-9-6-20(32)7-10-22)26-4-3-5-27(38)30(26)29/h6-14,29H,3-5,16,36H2,1-2H3. The largest absolute Gasteiger partial charge is 0.487 e. The Labute approximate surface area is 236 Å². The van der Waals surface area contributed by atoms with Gasteiger partial charge in [0.05, 0.1) is 22.6 Å². The summed E-state index contributed by atoms with van der Waals surface area (Å²) in [6.07, 6.45) is 1.77. The zero-order valence-corrected chi connectivity index (χ0v) is 23.0. The van der Waals surface area contributed by atoms with Crippen LogP contribution in [0.4, 0.5) is 10.1 Å². The summed E-state index contributed by atoms with van der Waals surface area (Å²) in [5.74, 6) is -0.367. The fraction of sp³-hybridized carbons (Fsp3) is 0.226. The molecule has 39 heavy (non-hydrogen) atoms. The third-order valence-corrected chi connectivity index (χ3v) is 7.83. The lowest BCUT2D eigenvalue weighted by Crippen LogP contribution is -2.39. The van der Waals surface area contributed by atoms with Gasteiger partial charge in [0.2, 0.25) is 0 Å². The summed E-state index contributed by atoms with van der Waals surface area (Å²) in [5, 5.41) is 11.1. The first-order valence-corrected chi connectivity index (χ1v) is 13.3. The summed E-state index contributed by atoms with van der Waals surface area (Å²) in [5.41, 5.74) is 12.7. The number of Topliss-reactive ketones (excluding diaryl/α,β-unsaturated/α-hetero) is 1. The van der Waals surface area contributed by atoms with Gasteiger partial charge >= 0.3 is 0 Å². The predicted octanol–water partition coefficient (Wildman–Crippen LogP) is 7.63. The van der Waals surface area contributed by atoms with Gasteiger partial charge in [0, 0.05) is 28.4 Å². The fourth-order valence-corrected chi connectivity index (χ4v) is 5.79. The molecule has 2 aliphatic rings. The van der Waals surface area contributed by atoms with E-state index >= 15 is 0 Å². The van der Waals surface area contributed by atoms with Crippen LogP contribution < -0.4 is 15.4 Å². The number of carbonyl (C=O) groups is 1. The Bertz CT molecular complexity index is 1590. The quantitative estimate of drug-likeness (QED) is 0.346. The van der Waals surface area contributed by atoms with Gasteiger partial charge in [0.15, 0.2) is 5.78 Å². The summed E-state index contributed by atoms with van der Waals surface area (Å²) >= 11 is 12.3. The monoisotopic (exact) mass is 561 g/mol. The lowest BCUT2D eigenvalue weighted by Gasteiger charge is -2.40. The number of carbonyl (C=O) groups excluding carboxylic acids is 1. The van der Waals surface area contributed by atoms with Crippen LogP contribution in [0.25, 0.3) is 0 Å². The van der Waals surface area contributed by atoms with Crippen LogP contribution in [0.15, 0.2) is 77.3 Å². The van der Waals surface area contributed by atoms with Gasteiger partial charge in [-0.2, -0.15) is 5.26 Å². The zero-order valence-electron chi connectivity index (χ0n) is 21.5. The van der Waals surface area contributed by atoms with Crippen molar-refractivity contribution < 1.29 is 13.9 Å². The van der Waals surface area contributed by atoms with Crippen LogP contribution >= 0.6 is 23.2 Å². The predicted molar refractivity (Wildman–Crippen MR) is 151 cm³/mol. The van der Waals surface area contributed by atoms with E-state index in [4.69, 9.17) is 33.7 Å². The van der Waals surface area contributed by atoms with Crippen LogP contribution in [0.1, 0.15) is 47.4 Å². The second-order valence-corrected chi connectivity index (χ2v) is 10.6. The molecule has 2 N–H and O–H groups in total. The maximum atomic E-state index is 13.5. The number of benzene rings is 3. The van der Waals surface area contributed by atoms with E-state index in [2.05, 4.69) is 6.07 Å². The summed E-state index contributed by atoms with van der Waals surface area (Å²) in [6.45, 7) is 4.08. The third kappa shape index (κ3) is 5.01. The average Bonchev–Trinajstić information content (AvgIpc) is 2.90. The van der Waals surface area contributed by atoms with Gasteiger partial charge in [-0.05, 0) is 85.8 Å². The lowest BCUT2D eigenvalue weighted by molar-refractivity contribution is -0.116. The Morgan fingerprint density at radius 3 is 2.54 bits per heavy atom. The number of ether oxygens (including phenoxy) is 1. The molecule has 3 aromatic carbocycles. The summed E-state index contributed by atoms with van der Waals surface area (Å²) in [6, 6.07) is 17.5. The van der Waals surface area contributed by atoms with Crippen LogP contribution in [-0.4, -0.2) is 5.78 Å². The Kier molecular flexibility index (Phi) is 7.40. The summed E-state index contributed by atoms with van der Waals surface area (Å²) in [7, 11) is 0. The van der Waals surface area contributed by atoms with Crippen LogP contribution in [0, 0.1) is 31.0 Å². The number of anilines is 1. The van der Waals surface area contributed by atoms with Gasteiger partial charge in [-0.1, -0.05) is 40.9 Å². The number of nitrogens with two attached hydrogens (primary N) is 1.